The fourth-order valence-electron chi connectivity index (χ4n) is 0.576. The molecule has 0 amide bonds. The molecule has 0 atom stereocenters. The first-order chi connectivity index (χ1) is 5.88. The van der Waals surface area contributed by atoms with E-state index in [2.05, 4.69) is 41.6 Å². The van der Waals surface area contributed by atoms with E-state index in [0.717, 1.165) is 6.07 Å². The highest BCUT2D eigenvalue weighted by Gasteiger charge is 2.31. The summed E-state index contributed by atoms with van der Waals surface area (Å²) in [5.74, 6) is -0.498. The Bertz CT molecular complexity index is 315. The molecule has 1 aromatic heterocycles. The van der Waals surface area contributed by atoms with E-state index in [9.17, 15) is 13.2 Å². The first-order valence-electron chi connectivity index (χ1n) is 2.96. The van der Waals surface area contributed by atoms with Crippen LogP contribution in [0.5, 0.6) is 5.88 Å². The van der Waals surface area contributed by atoms with Gasteiger partial charge in [0.15, 0.2) is 0 Å². The van der Waals surface area contributed by atoms with Crippen molar-refractivity contribution >= 4 is 31.9 Å². The molecule has 1 heterocycles. The number of ether oxygens (including phenoxy) is 1. The molecule has 0 aliphatic rings. The SMILES string of the molecule is FC(F)(F)Oc1ccc(Br)c(Br)n1. The number of rotatable bonds is 1. The Morgan fingerprint density at radius 2 is 1.85 bits per heavy atom. The van der Waals surface area contributed by atoms with Gasteiger partial charge in [-0.1, -0.05) is 0 Å². The van der Waals surface area contributed by atoms with Crippen molar-refractivity contribution in [3.05, 3.63) is 21.2 Å². The smallest absolute Gasteiger partial charge is 0.388 e. The Kier molecular flexibility index (Phi) is 3.18. The van der Waals surface area contributed by atoms with Crippen LogP contribution in [0.4, 0.5) is 13.2 Å². The van der Waals surface area contributed by atoms with Gasteiger partial charge in [0, 0.05) is 6.07 Å². The Hall–Kier alpha value is -0.300. The van der Waals surface area contributed by atoms with E-state index in [1.54, 1.807) is 0 Å². The van der Waals surface area contributed by atoms with E-state index in [-0.39, 0.29) is 4.60 Å². The van der Waals surface area contributed by atoms with E-state index in [1.807, 2.05) is 0 Å². The molecule has 1 aromatic rings. The van der Waals surface area contributed by atoms with Crippen molar-refractivity contribution in [2.24, 2.45) is 0 Å². The number of aromatic nitrogens is 1. The predicted octanol–water partition coefficient (Wildman–Crippen LogP) is 3.51. The third kappa shape index (κ3) is 3.51. The van der Waals surface area contributed by atoms with E-state index < -0.39 is 12.2 Å². The van der Waals surface area contributed by atoms with Crippen molar-refractivity contribution in [2.45, 2.75) is 6.36 Å². The fourth-order valence-corrected chi connectivity index (χ4v) is 1.10. The maximum absolute atomic E-state index is 11.7. The lowest BCUT2D eigenvalue weighted by Gasteiger charge is -2.07. The second kappa shape index (κ2) is 3.83. The minimum absolute atomic E-state index is 0.259. The van der Waals surface area contributed by atoms with Crippen LogP contribution in [-0.2, 0) is 0 Å². The summed E-state index contributed by atoms with van der Waals surface area (Å²) in [6.07, 6.45) is -4.71. The predicted molar refractivity (Wildman–Crippen MR) is 46.3 cm³/mol. The number of alkyl halides is 3. The Labute approximate surface area is 88.4 Å². The van der Waals surface area contributed by atoms with Gasteiger partial charge in [-0.25, -0.2) is 4.98 Å². The van der Waals surface area contributed by atoms with E-state index >= 15 is 0 Å². The molecule has 0 aliphatic heterocycles. The molecule has 0 bridgehead atoms. The van der Waals surface area contributed by atoms with Gasteiger partial charge in [-0.3, -0.25) is 0 Å². The number of hydrogen-bond donors (Lipinski definition) is 0. The van der Waals surface area contributed by atoms with Crippen LogP contribution in [0.2, 0.25) is 0 Å². The number of nitrogens with zero attached hydrogens (tertiary/aromatic N) is 1. The van der Waals surface area contributed by atoms with Gasteiger partial charge in [-0.05, 0) is 37.9 Å². The average Bonchev–Trinajstić information content (AvgIpc) is 1.94. The Morgan fingerprint density at radius 3 is 2.31 bits per heavy atom. The lowest BCUT2D eigenvalue weighted by Crippen LogP contribution is -2.17. The summed E-state index contributed by atoms with van der Waals surface area (Å²) in [6, 6.07) is 2.51. The van der Waals surface area contributed by atoms with Crippen LogP contribution in [0.1, 0.15) is 0 Å². The van der Waals surface area contributed by atoms with Gasteiger partial charge in [0.1, 0.15) is 4.60 Å². The summed E-state index contributed by atoms with van der Waals surface area (Å²) >= 11 is 6.01. The number of halogens is 5. The molecule has 13 heavy (non-hydrogen) atoms. The summed E-state index contributed by atoms with van der Waals surface area (Å²) < 4.78 is 39.4. The zero-order valence-electron chi connectivity index (χ0n) is 5.90. The fraction of sp³-hybridized carbons (Fsp3) is 0.167. The second-order valence-corrected chi connectivity index (χ2v) is 3.58. The summed E-state index contributed by atoms with van der Waals surface area (Å²) in [5, 5.41) is 0. The van der Waals surface area contributed by atoms with Gasteiger partial charge < -0.3 is 4.74 Å². The molecular formula is C6H2Br2F3NO. The van der Waals surface area contributed by atoms with Gasteiger partial charge in [0.05, 0.1) is 4.47 Å². The van der Waals surface area contributed by atoms with Crippen molar-refractivity contribution < 1.29 is 17.9 Å². The van der Waals surface area contributed by atoms with Gasteiger partial charge in [0.25, 0.3) is 0 Å². The summed E-state index contributed by atoms with van der Waals surface area (Å²) in [5.41, 5.74) is 0. The van der Waals surface area contributed by atoms with Crippen LogP contribution in [0.15, 0.2) is 21.2 Å². The second-order valence-electron chi connectivity index (χ2n) is 1.97. The molecule has 0 saturated heterocycles. The van der Waals surface area contributed by atoms with Gasteiger partial charge in [-0.2, -0.15) is 0 Å². The van der Waals surface area contributed by atoms with Crippen molar-refractivity contribution in [1.29, 1.82) is 0 Å². The molecule has 0 radical (unpaired) electrons. The molecule has 1 rings (SSSR count). The molecule has 2 nitrogen and oxygen atoms in total. The van der Waals surface area contributed by atoms with E-state index in [4.69, 9.17) is 0 Å². The van der Waals surface area contributed by atoms with Crippen molar-refractivity contribution in [2.75, 3.05) is 0 Å². The molecule has 0 unspecified atom stereocenters. The van der Waals surface area contributed by atoms with Crippen LogP contribution >= 0.6 is 31.9 Å². The summed E-state index contributed by atoms with van der Waals surface area (Å²) in [7, 11) is 0. The lowest BCUT2D eigenvalue weighted by atomic mass is 10.5. The topological polar surface area (TPSA) is 22.1 Å². The largest absolute Gasteiger partial charge is 0.574 e. The highest BCUT2D eigenvalue weighted by Crippen LogP contribution is 2.26. The zero-order chi connectivity index (χ0) is 10.1. The maximum atomic E-state index is 11.7. The number of hydrogen-bond acceptors (Lipinski definition) is 2. The van der Waals surface area contributed by atoms with Crippen molar-refractivity contribution in [3.63, 3.8) is 0 Å². The minimum atomic E-state index is -4.71. The quantitative estimate of drug-likeness (QED) is 0.739. The van der Waals surface area contributed by atoms with Gasteiger partial charge in [-0.15, -0.1) is 13.2 Å². The van der Waals surface area contributed by atoms with Crippen LogP contribution in [-0.4, -0.2) is 11.3 Å². The minimum Gasteiger partial charge on any atom is -0.388 e. The first-order valence-corrected chi connectivity index (χ1v) is 4.55. The van der Waals surface area contributed by atoms with Crippen LogP contribution < -0.4 is 4.74 Å². The molecule has 72 valence electrons. The molecule has 0 saturated carbocycles. The van der Waals surface area contributed by atoms with Crippen LogP contribution in [0.3, 0.4) is 0 Å². The normalized spacial score (nSPS) is 11.5. The molecule has 0 aliphatic carbocycles. The molecule has 0 fully saturated rings. The molecule has 0 N–H and O–H groups in total. The van der Waals surface area contributed by atoms with Crippen molar-refractivity contribution in [3.8, 4) is 5.88 Å². The highest BCUT2D eigenvalue weighted by molar-refractivity contribution is 9.13. The first kappa shape index (κ1) is 10.8. The standard InChI is InChI=1S/C6H2Br2F3NO/c7-3-1-2-4(12-5(3)8)13-6(9,10)11/h1-2H. The number of pyridine rings is 1. The van der Waals surface area contributed by atoms with E-state index in [0.29, 0.717) is 4.47 Å². The Balaban J connectivity index is 2.86. The Morgan fingerprint density at radius 1 is 1.23 bits per heavy atom. The van der Waals surface area contributed by atoms with Gasteiger partial charge >= 0.3 is 6.36 Å². The van der Waals surface area contributed by atoms with E-state index in [1.165, 1.54) is 6.07 Å². The molecular weight excluding hydrogens is 319 g/mol. The highest BCUT2D eigenvalue weighted by atomic mass is 79.9. The van der Waals surface area contributed by atoms with Gasteiger partial charge in [0.2, 0.25) is 5.88 Å². The molecule has 0 spiro atoms. The summed E-state index contributed by atoms with van der Waals surface area (Å²) in [6.45, 7) is 0. The third-order valence-electron chi connectivity index (χ3n) is 0.998. The van der Waals surface area contributed by atoms with Crippen LogP contribution in [0, 0.1) is 0 Å². The zero-order valence-corrected chi connectivity index (χ0v) is 9.07. The average molecular weight is 321 g/mol. The summed E-state index contributed by atoms with van der Waals surface area (Å²) in [4.78, 5) is 3.49. The monoisotopic (exact) mass is 319 g/mol. The third-order valence-corrected chi connectivity index (χ3v) is 2.77. The maximum Gasteiger partial charge on any atom is 0.574 e. The van der Waals surface area contributed by atoms with Crippen molar-refractivity contribution in [1.82, 2.24) is 4.98 Å². The van der Waals surface area contributed by atoms with Crippen LogP contribution in [0.25, 0.3) is 0 Å². The molecule has 0 aromatic carbocycles. The molecule has 7 heteroatoms. The lowest BCUT2D eigenvalue weighted by molar-refractivity contribution is -0.276.